The molecule has 0 aromatic carbocycles. The summed E-state index contributed by atoms with van der Waals surface area (Å²) in [6.45, 7) is 9.58. The van der Waals surface area contributed by atoms with Crippen molar-refractivity contribution >= 4 is 39.5 Å². The molecule has 0 spiro atoms. The van der Waals surface area contributed by atoms with E-state index in [0.29, 0.717) is 25.7 Å². The summed E-state index contributed by atoms with van der Waals surface area (Å²) in [5, 5.41) is 10.6. The lowest BCUT2D eigenvalue weighted by molar-refractivity contribution is -0.161. The molecule has 0 saturated heterocycles. The minimum Gasteiger partial charge on any atom is -0.462 e. The Morgan fingerprint density at radius 1 is 0.281 bits per heavy atom. The highest BCUT2D eigenvalue weighted by Gasteiger charge is 2.30. The molecule has 0 fully saturated rings. The summed E-state index contributed by atoms with van der Waals surface area (Å²) in [5.74, 6) is -0.505. The van der Waals surface area contributed by atoms with Crippen molar-refractivity contribution in [3.05, 3.63) is 0 Å². The lowest BCUT2D eigenvalue weighted by atomic mass is 10.0. The van der Waals surface area contributed by atoms with Gasteiger partial charge in [0.25, 0.3) is 0 Å². The molecule has 570 valence electrons. The Hall–Kier alpha value is -1.94. The average molecular weight is 1410 g/mol. The maximum Gasteiger partial charge on any atom is 0.472 e. The molecule has 0 aromatic rings. The van der Waals surface area contributed by atoms with E-state index < -0.39 is 97.5 Å². The van der Waals surface area contributed by atoms with E-state index in [1.807, 2.05) is 0 Å². The summed E-state index contributed by atoms with van der Waals surface area (Å²) < 4.78 is 68.3. The van der Waals surface area contributed by atoms with Crippen LogP contribution in [0.25, 0.3) is 0 Å². The maximum absolute atomic E-state index is 13.1. The zero-order chi connectivity index (χ0) is 70.7. The number of aliphatic hydroxyl groups excluding tert-OH is 1. The SMILES string of the molecule is CCCCCCCCCCCCCCCC(=O)O[C@H](COC(=O)CCCCCCC)COP(=O)(O)OC[C@H](O)COP(=O)(O)OC[C@@H](COC(=O)CCCCCCCCCCCCCCCCC(C)C)OC(=O)CCCCCCCCCCCCCCCCCCCCC(C)C. The second kappa shape index (κ2) is 68.8. The first-order chi connectivity index (χ1) is 46.4. The quantitative estimate of drug-likeness (QED) is 0.0222. The third-order valence-electron chi connectivity index (χ3n) is 18.0. The summed E-state index contributed by atoms with van der Waals surface area (Å²) >= 11 is 0. The van der Waals surface area contributed by atoms with Gasteiger partial charge < -0.3 is 33.8 Å². The summed E-state index contributed by atoms with van der Waals surface area (Å²) in [5.41, 5.74) is 0. The van der Waals surface area contributed by atoms with Gasteiger partial charge in [-0.2, -0.15) is 0 Å². The van der Waals surface area contributed by atoms with Crippen LogP contribution >= 0.6 is 15.6 Å². The molecule has 0 radical (unpaired) electrons. The summed E-state index contributed by atoms with van der Waals surface area (Å²) in [7, 11) is -9.90. The van der Waals surface area contributed by atoms with Crippen LogP contribution in [-0.2, 0) is 65.4 Å². The van der Waals surface area contributed by atoms with Gasteiger partial charge in [-0.3, -0.25) is 37.3 Å². The minimum absolute atomic E-state index is 0.107. The van der Waals surface area contributed by atoms with Crippen LogP contribution in [0.15, 0.2) is 0 Å². The normalized spacial score (nSPS) is 14.0. The standard InChI is InChI=1S/C77H150O17P2/c1-7-9-11-13-14-15-16-25-33-38-43-49-55-61-76(81)93-72(65-87-74(79)59-53-45-12-10-8-2)67-91-95(83,84)89-63-71(78)64-90-96(85,86)92-68-73(66-88-75(80)60-54-48-42-37-32-28-24-23-27-31-36-41-47-52-58-70(5)6)94-77(82)62-56-50-44-39-34-29-22-20-18-17-19-21-26-30-35-40-46-51-57-69(3)4/h69-73,78H,7-68H2,1-6H3,(H,83,84)(H,85,86)/t71-,72+,73+/m0/s1. The van der Waals surface area contributed by atoms with Crippen molar-refractivity contribution in [1.82, 2.24) is 0 Å². The first kappa shape index (κ1) is 94.1. The first-order valence-corrected chi connectivity index (χ1v) is 43.0. The van der Waals surface area contributed by atoms with Gasteiger partial charge in [0, 0.05) is 25.7 Å². The van der Waals surface area contributed by atoms with Crippen molar-refractivity contribution in [3.8, 4) is 0 Å². The second-order valence-electron chi connectivity index (χ2n) is 28.7. The van der Waals surface area contributed by atoms with Crippen molar-refractivity contribution in [2.24, 2.45) is 11.8 Å². The van der Waals surface area contributed by atoms with Gasteiger partial charge in [0.2, 0.25) is 0 Å². The highest BCUT2D eigenvalue weighted by Crippen LogP contribution is 2.45. The van der Waals surface area contributed by atoms with Gasteiger partial charge in [0.15, 0.2) is 12.2 Å². The molecule has 0 heterocycles. The fourth-order valence-electron chi connectivity index (χ4n) is 11.8. The number of phosphoric acid groups is 2. The number of esters is 4. The number of hydrogen-bond donors (Lipinski definition) is 3. The van der Waals surface area contributed by atoms with Crippen LogP contribution in [-0.4, -0.2) is 96.7 Å². The molecule has 0 aliphatic carbocycles. The van der Waals surface area contributed by atoms with Crippen molar-refractivity contribution in [3.63, 3.8) is 0 Å². The van der Waals surface area contributed by atoms with Gasteiger partial charge in [-0.05, 0) is 37.5 Å². The summed E-state index contributed by atoms with van der Waals surface area (Å²) in [6, 6.07) is 0. The monoisotopic (exact) mass is 1410 g/mol. The highest BCUT2D eigenvalue weighted by molar-refractivity contribution is 7.47. The first-order valence-electron chi connectivity index (χ1n) is 40.0. The Labute approximate surface area is 588 Å². The van der Waals surface area contributed by atoms with Crippen molar-refractivity contribution in [2.75, 3.05) is 39.6 Å². The number of ether oxygens (including phenoxy) is 4. The van der Waals surface area contributed by atoms with E-state index >= 15 is 0 Å². The molecule has 0 aliphatic heterocycles. The zero-order valence-corrected chi connectivity index (χ0v) is 64.5. The maximum atomic E-state index is 13.1. The molecule has 17 nitrogen and oxygen atoms in total. The topological polar surface area (TPSA) is 237 Å². The van der Waals surface area contributed by atoms with Crippen LogP contribution in [0.5, 0.6) is 0 Å². The highest BCUT2D eigenvalue weighted by atomic mass is 31.2. The molecule has 0 aromatic heterocycles. The van der Waals surface area contributed by atoms with E-state index in [0.717, 1.165) is 108 Å². The van der Waals surface area contributed by atoms with E-state index in [9.17, 15) is 43.2 Å². The largest absolute Gasteiger partial charge is 0.472 e. The van der Waals surface area contributed by atoms with E-state index in [-0.39, 0.29) is 25.7 Å². The number of hydrogen-bond acceptors (Lipinski definition) is 15. The fourth-order valence-corrected chi connectivity index (χ4v) is 13.4. The number of carbonyl (C=O) groups excluding carboxylic acids is 4. The van der Waals surface area contributed by atoms with Crippen LogP contribution in [0.4, 0.5) is 0 Å². The van der Waals surface area contributed by atoms with E-state index in [2.05, 4.69) is 41.5 Å². The Morgan fingerprint density at radius 3 is 0.708 bits per heavy atom. The Morgan fingerprint density at radius 2 is 0.479 bits per heavy atom. The van der Waals surface area contributed by atoms with Gasteiger partial charge in [-0.15, -0.1) is 0 Å². The van der Waals surface area contributed by atoms with Gasteiger partial charge in [0.1, 0.15) is 19.3 Å². The molecule has 2 unspecified atom stereocenters. The lowest BCUT2D eigenvalue weighted by Crippen LogP contribution is -2.30. The molecule has 0 bridgehead atoms. The van der Waals surface area contributed by atoms with Crippen LogP contribution in [0.1, 0.15) is 401 Å². The van der Waals surface area contributed by atoms with Crippen LogP contribution < -0.4 is 0 Å². The predicted octanol–water partition coefficient (Wildman–Crippen LogP) is 22.7. The molecule has 0 saturated carbocycles. The van der Waals surface area contributed by atoms with Crippen LogP contribution in [0.2, 0.25) is 0 Å². The van der Waals surface area contributed by atoms with Crippen LogP contribution in [0.3, 0.4) is 0 Å². The molecule has 3 N–H and O–H groups in total. The third kappa shape index (κ3) is 70.5. The van der Waals surface area contributed by atoms with Crippen LogP contribution in [0, 0.1) is 11.8 Å². The molecule has 0 amide bonds. The molecule has 19 heteroatoms. The predicted molar refractivity (Wildman–Crippen MR) is 391 cm³/mol. The van der Waals surface area contributed by atoms with Crippen molar-refractivity contribution in [2.45, 2.75) is 419 Å². The number of phosphoric ester groups is 2. The molecular weight excluding hydrogens is 1260 g/mol. The van der Waals surface area contributed by atoms with Gasteiger partial charge in [-0.25, -0.2) is 9.13 Å². The zero-order valence-electron chi connectivity index (χ0n) is 62.7. The average Bonchev–Trinajstić information content (AvgIpc) is 1.56. The molecule has 0 rings (SSSR count). The van der Waals surface area contributed by atoms with Crippen molar-refractivity contribution in [1.29, 1.82) is 0 Å². The smallest absolute Gasteiger partial charge is 0.462 e. The number of aliphatic hydroxyl groups is 1. The van der Waals surface area contributed by atoms with Gasteiger partial charge >= 0.3 is 39.5 Å². The summed E-state index contributed by atoms with van der Waals surface area (Å²) in [4.78, 5) is 72.5. The Bertz CT molecular complexity index is 1860. The van der Waals surface area contributed by atoms with E-state index in [1.165, 1.54) is 212 Å². The molecular formula is C77H150O17P2. The number of unbranched alkanes of at least 4 members (excludes halogenated alkanes) is 46. The van der Waals surface area contributed by atoms with Gasteiger partial charge in [0.05, 0.1) is 26.4 Å². The van der Waals surface area contributed by atoms with Crippen molar-refractivity contribution < 1.29 is 80.2 Å². The Kier molecular flexibility index (Phi) is 67.4. The third-order valence-corrected chi connectivity index (χ3v) is 19.9. The molecule has 5 atom stereocenters. The molecule has 96 heavy (non-hydrogen) atoms. The summed E-state index contributed by atoms with van der Waals surface area (Å²) in [6.07, 6.45) is 57.3. The number of rotatable bonds is 76. The van der Waals surface area contributed by atoms with E-state index in [4.69, 9.17) is 37.0 Å². The fraction of sp³-hybridized carbons (Fsp3) is 0.948. The van der Waals surface area contributed by atoms with E-state index in [1.54, 1.807) is 0 Å². The number of carbonyl (C=O) groups is 4. The second-order valence-corrected chi connectivity index (χ2v) is 31.6. The minimum atomic E-state index is -4.96. The Balaban J connectivity index is 5.12. The molecule has 0 aliphatic rings. The van der Waals surface area contributed by atoms with Gasteiger partial charge in [-0.1, -0.05) is 350 Å². The lowest BCUT2D eigenvalue weighted by Gasteiger charge is -2.21.